The highest BCUT2D eigenvalue weighted by molar-refractivity contribution is 6.30. The van der Waals surface area contributed by atoms with Crippen LogP contribution >= 0.6 is 11.6 Å². The standard InChI is InChI=1S/C19H21ClN4O2/c20-15-4-3-5-16(14-15)22-18(25)7-8-19(26)24-12-10-23(11-13-24)17-6-1-2-9-21-17/h1-6,9,14H,7-8,10-13H2,(H,22,25). The summed E-state index contributed by atoms with van der Waals surface area (Å²) in [5.74, 6) is 0.750. The van der Waals surface area contributed by atoms with Crippen LogP contribution < -0.4 is 10.2 Å². The molecule has 1 saturated heterocycles. The number of amides is 2. The lowest BCUT2D eigenvalue weighted by Crippen LogP contribution is -2.49. The number of nitrogens with zero attached hydrogens (tertiary/aromatic N) is 3. The Kier molecular flexibility index (Phi) is 6.07. The lowest BCUT2D eigenvalue weighted by atomic mass is 10.2. The van der Waals surface area contributed by atoms with E-state index in [2.05, 4.69) is 15.2 Å². The molecule has 0 atom stereocenters. The molecule has 2 heterocycles. The van der Waals surface area contributed by atoms with Gasteiger partial charge in [-0.15, -0.1) is 0 Å². The van der Waals surface area contributed by atoms with Gasteiger partial charge in [-0.05, 0) is 30.3 Å². The maximum Gasteiger partial charge on any atom is 0.224 e. The molecule has 2 aromatic rings. The first-order chi connectivity index (χ1) is 12.6. The van der Waals surface area contributed by atoms with Gasteiger partial charge in [0, 0.05) is 55.9 Å². The Morgan fingerprint density at radius 3 is 2.54 bits per heavy atom. The predicted molar refractivity (Wildman–Crippen MR) is 102 cm³/mol. The first kappa shape index (κ1) is 18.2. The molecule has 1 N–H and O–H groups in total. The molecule has 1 aliphatic heterocycles. The second-order valence-electron chi connectivity index (χ2n) is 6.11. The third-order valence-corrected chi connectivity index (χ3v) is 4.52. The van der Waals surface area contributed by atoms with Crippen molar-refractivity contribution in [1.82, 2.24) is 9.88 Å². The van der Waals surface area contributed by atoms with Crippen molar-refractivity contribution >= 4 is 34.9 Å². The average Bonchev–Trinajstić information content (AvgIpc) is 2.67. The highest BCUT2D eigenvalue weighted by Gasteiger charge is 2.22. The summed E-state index contributed by atoms with van der Waals surface area (Å²) in [6.45, 7) is 2.78. The number of nitrogens with one attached hydrogen (secondary N) is 1. The smallest absolute Gasteiger partial charge is 0.224 e. The van der Waals surface area contributed by atoms with Crippen molar-refractivity contribution in [3.63, 3.8) is 0 Å². The molecule has 136 valence electrons. The number of halogens is 1. The van der Waals surface area contributed by atoms with E-state index in [1.165, 1.54) is 0 Å². The Hall–Kier alpha value is -2.60. The SMILES string of the molecule is O=C(CCC(=O)N1CCN(c2ccccn2)CC1)Nc1cccc(Cl)c1. The van der Waals surface area contributed by atoms with Crippen LogP contribution in [0.5, 0.6) is 0 Å². The van der Waals surface area contributed by atoms with Gasteiger partial charge in [-0.1, -0.05) is 23.7 Å². The number of benzene rings is 1. The van der Waals surface area contributed by atoms with Crippen molar-refractivity contribution in [3.8, 4) is 0 Å². The minimum Gasteiger partial charge on any atom is -0.353 e. The number of carbonyl (C=O) groups is 2. The Morgan fingerprint density at radius 2 is 1.85 bits per heavy atom. The summed E-state index contributed by atoms with van der Waals surface area (Å²) in [5.41, 5.74) is 0.638. The monoisotopic (exact) mass is 372 g/mol. The molecule has 1 aliphatic rings. The minimum atomic E-state index is -0.187. The highest BCUT2D eigenvalue weighted by atomic mass is 35.5. The molecule has 1 aromatic heterocycles. The summed E-state index contributed by atoms with van der Waals surface area (Å²) in [6.07, 6.45) is 2.13. The molecule has 1 aromatic carbocycles. The first-order valence-corrected chi connectivity index (χ1v) is 8.99. The van der Waals surface area contributed by atoms with Crippen molar-refractivity contribution in [2.75, 3.05) is 36.4 Å². The van der Waals surface area contributed by atoms with E-state index in [1.807, 2.05) is 23.1 Å². The maximum atomic E-state index is 12.3. The van der Waals surface area contributed by atoms with Gasteiger partial charge in [0.2, 0.25) is 11.8 Å². The van der Waals surface area contributed by atoms with E-state index < -0.39 is 0 Å². The molecule has 0 aliphatic carbocycles. The molecule has 1 fully saturated rings. The molecular formula is C19H21ClN4O2. The molecule has 0 radical (unpaired) electrons. The second-order valence-corrected chi connectivity index (χ2v) is 6.55. The van der Waals surface area contributed by atoms with Gasteiger partial charge < -0.3 is 15.1 Å². The predicted octanol–water partition coefficient (Wildman–Crippen LogP) is 2.80. The van der Waals surface area contributed by atoms with Gasteiger partial charge in [0.05, 0.1) is 0 Å². The van der Waals surface area contributed by atoms with Crippen LogP contribution in [0.2, 0.25) is 5.02 Å². The zero-order valence-electron chi connectivity index (χ0n) is 14.4. The van der Waals surface area contributed by atoms with Gasteiger partial charge in [-0.3, -0.25) is 9.59 Å². The van der Waals surface area contributed by atoms with E-state index >= 15 is 0 Å². The Morgan fingerprint density at radius 1 is 1.04 bits per heavy atom. The number of piperazine rings is 1. The van der Waals surface area contributed by atoms with E-state index in [-0.39, 0.29) is 24.7 Å². The minimum absolute atomic E-state index is 0.00640. The average molecular weight is 373 g/mol. The van der Waals surface area contributed by atoms with E-state index in [1.54, 1.807) is 30.5 Å². The molecule has 0 bridgehead atoms. The number of hydrogen-bond acceptors (Lipinski definition) is 4. The normalized spacial score (nSPS) is 14.2. The number of hydrogen-bond donors (Lipinski definition) is 1. The third-order valence-electron chi connectivity index (χ3n) is 4.28. The van der Waals surface area contributed by atoms with Crippen molar-refractivity contribution in [3.05, 3.63) is 53.7 Å². The Labute approximate surface area is 157 Å². The lowest BCUT2D eigenvalue weighted by Gasteiger charge is -2.35. The summed E-state index contributed by atoms with van der Waals surface area (Å²) >= 11 is 5.89. The van der Waals surface area contributed by atoms with E-state index in [4.69, 9.17) is 11.6 Å². The third kappa shape index (κ3) is 4.95. The summed E-state index contributed by atoms with van der Waals surface area (Å²) < 4.78 is 0. The summed E-state index contributed by atoms with van der Waals surface area (Å²) in [7, 11) is 0. The zero-order chi connectivity index (χ0) is 18.4. The summed E-state index contributed by atoms with van der Waals surface area (Å²) in [4.78, 5) is 32.7. The van der Waals surface area contributed by atoms with Crippen molar-refractivity contribution < 1.29 is 9.59 Å². The van der Waals surface area contributed by atoms with Crippen molar-refractivity contribution in [2.24, 2.45) is 0 Å². The molecule has 0 unspecified atom stereocenters. The number of pyridine rings is 1. The number of carbonyl (C=O) groups excluding carboxylic acids is 2. The van der Waals surface area contributed by atoms with E-state index in [0.29, 0.717) is 23.8 Å². The largest absolute Gasteiger partial charge is 0.353 e. The van der Waals surface area contributed by atoms with Gasteiger partial charge in [0.15, 0.2) is 0 Å². The topological polar surface area (TPSA) is 65.5 Å². The molecule has 0 saturated carbocycles. The van der Waals surface area contributed by atoms with Crippen LogP contribution in [0.1, 0.15) is 12.8 Å². The quantitative estimate of drug-likeness (QED) is 0.876. The maximum absolute atomic E-state index is 12.3. The van der Waals surface area contributed by atoms with Crippen LogP contribution in [0.15, 0.2) is 48.7 Å². The van der Waals surface area contributed by atoms with Crippen LogP contribution in [-0.2, 0) is 9.59 Å². The van der Waals surface area contributed by atoms with E-state index in [0.717, 1.165) is 18.9 Å². The molecular weight excluding hydrogens is 352 g/mol. The molecule has 26 heavy (non-hydrogen) atoms. The van der Waals surface area contributed by atoms with Gasteiger partial charge in [0.1, 0.15) is 5.82 Å². The number of aromatic nitrogens is 1. The molecule has 2 amide bonds. The summed E-state index contributed by atoms with van der Waals surface area (Å²) in [5, 5.41) is 3.32. The van der Waals surface area contributed by atoms with Gasteiger partial charge in [0.25, 0.3) is 0 Å². The van der Waals surface area contributed by atoms with Crippen LogP contribution in [0.25, 0.3) is 0 Å². The summed E-state index contributed by atoms with van der Waals surface area (Å²) in [6, 6.07) is 12.8. The Balaban J connectivity index is 1.42. The molecule has 7 heteroatoms. The molecule has 6 nitrogen and oxygen atoms in total. The van der Waals surface area contributed by atoms with Crippen LogP contribution in [0.3, 0.4) is 0 Å². The Bertz CT molecular complexity index is 761. The number of anilines is 2. The lowest BCUT2D eigenvalue weighted by molar-refractivity contribution is -0.133. The van der Waals surface area contributed by atoms with Crippen molar-refractivity contribution in [2.45, 2.75) is 12.8 Å². The van der Waals surface area contributed by atoms with Crippen LogP contribution in [0, 0.1) is 0 Å². The second kappa shape index (κ2) is 8.67. The van der Waals surface area contributed by atoms with Crippen LogP contribution in [-0.4, -0.2) is 47.9 Å². The number of rotatable bonds is 5. The first-order valence-electron chi connectivity index (χ1n) is 8.61. The van der Waals surface area contributed by atoms with Crippen LogP contribution in [0.4, 0.5) is 11.5 Å². The molecule has 3 rings (SSSR count). The van der Waals surface area contributed by atoms with Gasteiger partial charge >= 0.3 is 0 Å². The fourth-order valence-corrected chi connectivity index (χ4v) is 3.08. The highest BCUT2D eigenvalue weighted by Crippen LogP contribution is 2.16. The fourth-order valence-electron chi connectivity index (χ4n) is 2.89. The van der Waals surface area contributed by atoms with Gasteiger partial charge in [-0.25, -0.2) is 4.98 Å². The van der Waals surface area contributed by atoms with Crippen molar-refractivity contribution in [1.29, 1.82) is 0 Å². The fraction of sp³-hybridized carbons (Fsp3) is 0.316. The van der Waals surface area contributed by atoms with Gasteiger partial charge in [-0.2, -0.15) is 0 Å². The molecule has 0 spiro atoms. The van der Waals surface area contributed by atoms with E-state index in [9.17, 15) is 9.59 Å². The zero-order valence-corrected chi connectivity index (χ0v) is 15.2.